The average molecular weight is 128 g/mol. The van der Waals surface area contributed by atoms with Crippen LogP contribution in [0.4, 0.5) is 0 Å². The van der Waals surface area contributed by atoms with E-state index in [-0.39, 0.29) is 0 Å². The summed E-state index contributed by atoms with van der Waals surface area (Å²) in [4.78, 5) is 12.3. The van der Waals surface area contributed by atoms with E-state index in [4.69, 9.17) is 16.3 Å². The molecule has 9 heavy (non-hydrogen) atoms. The molecule has 0 atom stereocenters. The molecule has 0 amide bonds. The molecule has 0 saturated carbocycles. The van der Waals surface area contributed by atoms with Crippen molar-refractivity contribution in [1.82, 2.24) is 0 Å². The van der Waals surface area contributed by atoms with Crippen molar-refractivity contribution in [3.05, 3.63) is 5.53 Å². The Hall–Kier alpha value is -1.73. The molecule has 48 valence electrons. The van der Waals surface area contributed by atoms with E-state index in [1.807, 2.05) is 0 Å². The van der Waals surface area contributed by atoms with E-state index in [1.54, 1.807) is 0 Å². The summed E-state index contributed by atoms with van der Waals surface area (Å²) in [5.74, 6) is -0.664. The summed E-state index contributed by atoms with van der Waals surface area (Å²) >= 11 is 0. The number of ether oxygens (including phenoxy) is 1. The molecule has 0 aromatic carbocycles. The van der Waals surface area contributed by atoms with E-state index in [0.29, 0.717) is 6.21 Å². The highest BCUT2D eigenvalue weighted by Gasteiger charge is 1.94. The number of carbonyl (C=O) groups excluding carboxylic acids is 1. The van der Waals surface area contributed by atoms with Gasteiger partial charge in [0.2, 0.25) is 0 Å². The van der Waals surface area contributed by atoms with Crippen molar-refractivity contribution in [3.8, 4) is 0 Å². The third-order valence-electron chi connectivity index (χ3n) is 0.364. The monoisotopic (exact) mass is 128 g/mol. The van der Waals surface area contributed by atoms with Crippen molar-refractivity contribution in [2.24, 2.45) is 0 Å². The van der Waals surface area contributed by atoms with Crippen LogP contribution in [0.25, 0.3) is 5.53 Å². The van der Waals surface area contributed by atoms with Crippen molar-refractivity contribution in [1.29, 1.82) is 10.8 Å². The SMILES string of the molecule is COC(=O)C=[N+]=[N-].N#N. The van der Waals surface area contributed by atoms with Crippen LogP contribution in [-0.2, 0) is 9.53 Å². The number of carbonyl (C=O) groups is 1. The average Bonchev–Trinajstić information content (AvgIpc) is 1.93. The molecule has 0 radical (unpaired) electrons. The van der Waals surface area contributed by atoms with Gasteiger partial charge in [0.15, 0.2) is 0 Å². The Morgan fingerprint density at radius 1 is 1.78 bits per heavy atom. The van der Waals surface area contributed by atoms with Crippen molar-refractivity contribution in [3.63, 3.8) is 0 Å². The molecule has 0 aromatic rings. The summed E-state index contributed by atoms with van der Waals surface area (Å²) in [5, 5.41) is 12.0. The van der Waals surface area contributed by atoms with E-state index >= 15 is 0 Å². The smallest absolute Gasteiger partial charge is 0.413 e. The number of hydrogen-bond acceptors (Lipinski definition) is 4. The fourth-order valence-electron chi connectivity index (χ4n) is 0.0998. The minimum atomic E-state index is -0.664. The third-order valence-corrected chi connectivity index (χ3v) is 0.364. The zero-order valence-corrected chi connectivity index (χ0v) is 4.68. The lowest BCUT2D eigenvalue weighted by atomic mass is 10.8. The van der Waals surface area contributed by atoms with Gasteiger partial charge in [-0.15, -0.1) is 0 Å². The molecule has 0 aromatic heterocycles. The lowest BCUT2D eigenvalue weighted by Crippen LogP contribution is -2.00. The molecule has 0 bridgehead atoms. The maximum atomic E-state index is 9.88. The number of esters is 1. The predicted octanol–water partition coefficient (Wildman–Crippen LogP) is -0.510. The molecule has 0 aliphatic heterocycles. The third kappa shape index (κ3) is 10.7. The molecular weight excluding hydrogens is 124 g/mol. The van der Waals surface area contributed by atoms with Crippen molar-refractivity contribution in [2.45, 2.75) is 0 Å². The first-order valence-corrected chi connectivity index (χ1v) is 1.76. The minimum Gasteiger partial charge on any atom is -0.461 e. The van der Waals surface area contributed by atoms with Gasteiger partial charge in [0.05, 0.1) is 7.11 Å². The van der Waals surface area contributed by atoms with Crippen LogP contribution in [0.5, 0.6) is 0 Å². The second-order valence-electron chi connectivity index (χ2n) is 0.768. The molecule has 0 N–H and O–H groups in total. The molecule has 0 fully saturated rings. The zero-order valence-electron chi connectivity index (χ0n) is 4.68. The molecular formula is C3H4N4O2. The van der Waals surface area contributed by atoms with Crippen LogP contribution in [0.1, 0.15) is 0 Å². The zero-order chi connectivity index (χ0) is 7.70. The standard InChI is InChI=1S/C3H4N2O2.N2/c1-7-3(6)2-5-4;1-2/h2H,1H3;. The summed E-state index contributed by atoms with van der Waals surface area (Å²) < 4.78 is 4.04. The molecule has 0 unspecified atom stereocenters. The highest BCUT2D eigenvalue weighted by Crippen LogP contribution is 1.58. The lowest BCUT2D eigenvalue weighted by Gasteiger charge is -1.77. The van der Waals surface area contributed by atoms with Crippen LogP contribution >= 0.6 is 0 Å². The van der Waals surface area contributed by atoms with Crippen molar-refractivity contribution >= 4 is 12.2 Å². The highest BCUT2D eigenvalue weighted by molar-refractivity contribution is 6.20. The number of rotatable bonds is 1. The van der Waals surface area contributed by atoms with Crippen LogP contribution < -0.4 is 0 Å². The summed E-state index contributed by atoms with van der Waals surface area (Å²) in [6.45, 7) is 0. The molecule has 0 aliphatic rings. The predicted molar refractivity (Wildman–Crippen MR) is 25.1 cm³/mol. The van der Waals surface area contributed by atoms with E-state index < -0.39 is 5.97 Å². The fourth-order valence-corrected chi connectivity index (χ4v) is 0.0998. The van der Waals surface area contributed by atoms with Crippen LogP contribution in [-0.4, -0.2) is 24.1 Å². The van der Waals surface area contributed by atoms with E-state index in [1.165, 1.54) is 7.11 Å². The van der Waals surface area contributed by atoms with Gasteiger partial charge in [-0.25, -0.2) is 4.79 Å². The van der Waals surface area contributed by atoms with E-state index in [2.05, 4.69) is 9.53 Å². The Labute approximate surface area is 51.1 Å². The summed E-state index contributed by atoms with van der Waals surface area (Å²) in [6.07, 6.45) is 0.667. The van der Waals surface area contributed by atoms with Gasteiger partial charge in [-0.3, -0.25) is 0 Å². The highest BCUT2D eigenvalue weighted by atomic mass is 16.5. The molecule has 6 heteroatoms. The summed E-state index contributed by atoms with van der Waals surface area (Å²) in [5.41, 5.74) is 7.64. The Kier molecular flexibility index (Phi) is 10.9. The largest absolute Gasteiger partial charge is 0.461 e. The maximum absolute atomic E-state index is 9.88. The van der Waals surface area contributed by atoms with Crippen molar-refractivity contribution < 1.29 is 14.3 Å². The minimum absolute atomic E-state index is 0.664. The molecule has 0 aliphatic carbocycles. The van der Waals surface area contributed by atoms with Gasteiger partial charge in [0.25, 0.3) is 0 Å². The topological polar surface area (TPSA) is 110 Å². The van der Waals surface area contributed by atoms with Gasteiger partial charge in [0, 0.05) is 10.8 Å². The molecule has 0 rings (SSSR count). The molecule has 0 saturated heterocycles. The van der Waals surface area contributed by atoms with E-state index in [9.17, 15) is 4.79 Å². The maximum Gasteiger partial charge on any atom is 0.413 e. The van der Waals surface area contributed by atoms with Gasteiger partial charge in [-0.05, 0) is 0 Å². The van der Waals surface area contributed by atoms with Crippen LogP contribution in [0, 0.1) is 10.8 Å². The number of nitrogens with zero attached hydrogens (tertiary/aromatic N) is 4. The van der Waals surface area contributed by atoms with Gasteiger partial charge < -0.3 is 10.3 Å². The van der Waals surface area contributed by atoms with Crippen LogP contribution in [0.2, 0.25) is 0 Å². The number of hydrogen-bond donors (Lipinski definition) is 0. The molecule has 0 spiro atoms. The Bertz CT molecular complexity index is 145. The first-order valence-electron chi connectivity index (χ1n) is 1.76. The summed E-state index contributed by atoms with van der Waals surface area (Å²) in [6, 6.07) is 0. The normalized spacial score (nSPS) is 5.22. The number of methoxy groups -OCH3 is 1. The Balaban J connectivity index is 0. The van der Waals surface area contributed by atoms with Crippen molar-refractivity contribution in [2.75, 3.05) is 7.11 Å². The van der Waals surface area contributed by atoms with Gasteiger partial charge in [-0.1, -0.05) is 0 Å². The van der Waals surface area contributed by atoms with E-state index in [0.717, 1.165) is 0 Å². The molecule has 0 heterocycles. The van der Waals surface area contributed by atoms with Gasteiger partial charge in [0.1, 0.15) is 0 Å². The van der Waals surface area contributed by atoms with Gasteiger partial charge >= 0.3 is 12.2 Å². The fraction of sp³-hybridized carbons (Fsp3) is 0.333. The van der Waals surface area contributed by atoms with Crippen LogP contribution in [0.3, 0.4) is 0 Å². The Morgan fingerprint density at radius 2 is 2.22 bits per heavy atom. The quantitative estimate of drug-likeness (QED) is 0.155. The van der Waals surface area contributed by atoms with Crippen LogP contribution in [0.15, 0.2) is 0 Å². The molecule has 6 nitrogen and oxygen atoms in total. The van der Waals surface area contributed by atoms with Gasteiger partial charge in [-0.2, -0.15) is 4.79 Å². The second kappa shape index (κ2) is 9.55. The summed E-state index contributed by atoms with van der Waals surface area (Å²) in [7, 11) is 1.20. The first kappa shape index (κ1) is 10.3. The first-order chi connectivity index (χ1) is 4.31. The lowest BCUT2D eigenvalue weighted by molar-refractivity contribution is -0.136. The second-order valence-corrected chi connectivity index (χ2v) is 0.768. The Morgan fingerprint density at radius 3 is 2.33 bits per heavy atom.